The normalized spacial score (nSPS) is 20.4. The molecule has 1 aliphatic heterocycles. The number of likely N-dealkylation sites (N-methyl/N-ethyl adjacent to an activating group) is 1. The predicted octanol–water partition coefficient (Wildman–Crippen LogP) is 2.02. The number of hydrogen-bond donors (Lipinski definition) is 0. The molecular formula is C14H20ClNO4S. The van der Waals surface area contributed by atoms with Gasteiger partial charge in [-0.1, -0.05) is 6.92 Å². The van der Waals surface area contributed by atoms with Gasteiger partial charge in [0.15, 0.2) is 0 Å². The van der Waals surface area contributed by atoms with Gasteiger partial charge in [0.25, 0.3) is 9.05 Å². The monoisotopic (exact) mass is 333 g/mol. The number of ether oxygens (including phenoxy) is 2. The molecule has 0 N–H and O–H groups in total. The molecular weight excluding hydrogens is 314 g/mol. The minimum Gasteiger partial charge on any atom is -0.491 e. The Morgan fingerprint density at radius 1 is 1.48 bits per heavy atom. The van der Waals surface area contributed by atoms with Gasteiger partial charge in [-0.25, -0.2) is 8.42 Å². The molecule has 1 aromatic rings. The zero-order valence-corrected chi connectivity index (χ0v) is 13.8. The van der Waals surface area contributed by atoms with E-state index < -0.39 is 9.05 Å². The lowest BCUT2D eigenvalue weighted by molar-refractivity contribution is -0.0464. The number of rotatable bonds is 5. The van der Waals surface area contributed by atoms with Gasteiger partial charge in [0.2, 0.25) is 0 Å². The van der Waals surface area contributed by atoms with Crippen molar-refractivity contribution in [3.8, 4) is 5.75 Å². The molecule has 5 nitrogen and oxygen atoms in total. The van der Waals surface area contributed by atoms with Crippen LogP contribution in [0.25, 0.3) is 0 Å². The molecule has 21 heavy (non-hydrogen) atoms. The minimum absolute atomic E-state index is 0.0374. The highest BCUT2D eigenvalue weighted by atomic mass is 35.7. The molecule has 1 unspecified atom stereocenters. The van der Waals surface area contributed by atoms with Gasteiger partial charge in [-0.15, -0.1) is 0 Å². The maximum Gasteiger partial charge on any atom is 0.261 e. The van der Waals surface area contributed by atoms with Crippen LogP contribution in [0.15, 0.2) is 23.1 Å². The molecule has 0 bridgehead atoms. The molecule has 1 aromatic carbocycles. The van der Waals surface area contributed by atoms with E-state index in [9.17, 15) is 8.42 Å². The fourth-order valence-corrected chi connectivity index (χ4v) is 3.54. The van der Waals surface area contributed by atoms with Crippen molar-refractivity contribution in [3.63, 3.8) is 0 Å². The quantitative estimate of drug-likeness (QED) is 0.772. The summed E-state index contributed by atoms with van der Waals surface area (Å²) < 4.78 is 34.0. The van der Waals surface area contributed by atoms with Gasteiger partial charge in [0.05, 0.1) is 11.5 Å². The fourth-order valence-electron chi connectivity index (χ4n) is 2.34. The Bertz CT molecular complexity index is 591. The lowest BCUT2D eigenvalue weighted by Gasteiger charge is -2.31. The summed E-state index contributed by atoms with van der Waals surface area (Å²) in [5.41, 5.74) is 0.572. The number of hydrogen-bond acceptors (Lipinski definition) is 5. The van der Waals surface area contributed by atoms with Crippen LogP contribution in [0.2, 0.25) is 0 Å². The molecule has 1 heterocycles. The van der Waals surface area contributed by atoms with E-state index in [1.165, 1.54) is 6.07 Å². The van der Waals surface area contributed by atoms with Crippen LogP contribution in [0.5, 0.6) is 5.75 Å². The van der Waals surface area contributed by atoms with Gasteiger partial charge in [-0.2, -0.15) is 0 Å². The SMILES string of the molecule is CCN1CCOC(COc2ccc(S(=O)(=O)Cl)c(C)c2)C1. The number of aryl methyl sites for hydroxylation is 1. The van der Waals surface area contributed by atoms with Gasteiger partial charge >= 0.3 is 0 Å². The van der Waals surface area contributed by atoms with E-state index in [4.69, 9.17) is 20.2 Å². The second kappa shape index (κ2) is 6.96. The third-order valence-corrected chi connectivity index (χ3v) is 5.00. The van der Waals surface area contributed by atoms with E-state index in [-0.39, 0.29) is 11.0 Å². The number of morpholine rings is 1. The van der Waals surface area contributed by atoms with Crippen molar-refractivity contribution < 1.29 is 17.9 Å². The molecule has 0 saturated carbocycles. The Hall–Kier alpha value is -0.820. The first kappa shape index (κ1) is 16.5. The molecule has 1 fully saturated rings. The molecule has 0 radical (unpaired) electrons. The van der Waals surface area contributed by atoms with Gasteiger partial charge in [-0.05, 0) is 37.2 Å². The van der Waals surface area contributed by atoms with E-state index in [1.54, 1.807) is 19.1 Å². The first-order valence-electron chi connectivity index (χ1n) is 6.92. The fraction of sp³-hybridized carbons (Fsp3) is 0.571. The second-order valence-electron chi connectivity index (χ2n) is 5.06. The van der Waals surface area contributed by atoms with Crippen LogP contribution >= 0.6 is 10.7 Å². The molecule has 7 heteroatoms. The third-order valence-electron chi connectivity index (χ3n) is 3.52. The summed E-state index contributed by atoms with van der Waals surface area (Å²) in [6.45, 7) is 7.78. The maximum atomic E-state index is 11.3. The first-order valence-corrected chi connectivity index (χ1v) is 9.23. The summed E-state index contributed by atoms with van der Waals surface area (Å²) in [5.74, 6) is 0.619. The van der Waals surface area contributed by atoms with Gasteiger partial charge < -0.3 is 9.47 Å². The van der Waals surface area contributed by atoms with Crippen molar-refractivity contribution in [2.24, 2.45) is 0 Å². The van der Waals surface area contributed by atoms with Gasteiger partial charge in [-0.3, -0.25) is 4.90 Å². The number of nitrogens with zero attached hydrogens (tertiary/aromatic N) is 1. The Kier molecular flexibility index (Phi) is 5.48. The molecule has 1 saturated heterocycles. The predicted molar refractivity (Wildman–Crippen MR) is 81.6 cm³/mol. The van der Waals surface area contributed by atoms with E-state index >= 15 is 0 Å². The standard InChI is InChI=1S/C14H20ClNO4S/c1-3-16-6-7-19-13(9-16)10-20-12-4-5-14(11(2)8-12)21(15,17)18/h4-5,8,13H,3,6-7,9-10H2,1-2H3. The molecule has 0 aliphatic carbocycles. The van der Waals surface area contributed by atoms with Gasteiger partial charge in [0.1, 0.15) is 18.5 Å². The Morgan fingerprint density at radius 2 is 2.24 bits per heavy atom. The second-order valence-corrected chi connectivity index (χ2v) is 7.60. The Morgan fingerprint density at radius 3 is 2.86 bits per heavy atom. The average molecular weight is 334 g/mol. The summed E-state index contributed by atoms with van der Waals surface area (Å²) in [6.07, 6.45) is 0.0374. The van der Waals surface area contributed by atoms with Crippen LogP contribution in [0, 0.1) is 6.92 Å². The van der Waals surface area contributed by atoms with Crippen molar-refractivity contribution in [2.45, 2.75) is 24.8 Å². The molecule has 1 atom stereocenters. The highest BCUT2D eigenvalue weighted by molar-refractivity contribution is 8.13. The van der Waals surface area contributed by atoms with E-state index in [1.807, 2.05) is 0 Å². The molecule has 2 rings (SSSR count). The largest absolute Gasteiger partial charge is 0.491 e. The van der Waals surface area contributed by atoms with Crippen LogP contribution in [-0.2, 0) is 13.8 Å². The van der Waals surface area contributed by atoms with Crippen LogP contribution in [0.3, 0.4) is 0 Å². The van der Waals surface area contributed by atoms with E-state index in [2.05, 4.69) is 11.8 Å². The summed E-state index contributed by atoms with van der Waals surface area (Å²) in [6, 6.07) is 4.76. The highest BCUT2D eigenvalue weighted by Gasteiger charge is 2.20. The number of halogens is 1. The Balaban J connectivity index is 1.96. The smallest absolute Gasteiger partial charge is 0.261 e. The Labute approximate surface area is 130 Å². The summed E-state index contributed by atoms with van der Waals surface area (Å²) in [5, 5.41) is 0. The van der Waals surface area contributed by atoms with E-state index in [0.717, 1.165) is 19.6 Å². The maximum absolute atomic E-state index is 11.3. The molecule has 0 amide bonds. The van der Waals surface area contributed by atoms with Crippen LogP contribution in [0.1, 0.15) is 12.5 Å². The third kappa shape index (κ3) is 4.57. The molecule has 118 valence electrons. The van der Waals surface area contributed by atoms with Gasteiger partial charge in [0, 0.05) is 23.8 Å². The zero-order valence-electron chi connectivity index (χ0n) is 12.2. The van der Waals surface area contributed by atoms with Crippen molar-refractivity contribution in [3.05, 3.63) is 23.8 Å². The van der Waals surface area contributed by atoms with Crippen LogP contribution in [0.4, 0.5) is 0 Å². The van der Waals surface area contributed by atoms with Crippen molar-refractivity contribution >= 4 is 19.7 Å². The highest BCUT2D eigenvalue weighted by Crippen LogP contribution is 2.24. The van der Waals surface area contributed by atoms with E-state index in [0.29, 0.717) is 24.5 Å². The zero-order chi connectivity index (χ0) is 15.5. The first-order chi connectivity index (χ1) is 9.90. The van der Waals surface area contributed by atoms with Crippen molar-refractivity contribution in [2.75, 3.05) is 32.8 Å². The summed E-state index contributed by atoms with van der Waals surface area (Å²) >= 11 is 0. The molecule has 0 spiro atoms. The topological polar surface area (TPSA) is 55.8 Å². The average Bonchev–Trinajstić information content (AvgIpc) is 2.44. The number of benzene rings is 1. The molecule has 0 aromatic heterocycles. The van der Waals surface area contributed by atoms with Crippen LogP contribution in [-0.4, -0.2) is 52.3 Å². The lowest BCUT2D eigenvalue weighted by Crippen LogP contribution is -2.44. The molecule has 1 aliphatic rings. The summed E-state index contributed by atoms with van der Waals surface area (Å²) in [7, 11) is 1.64. The minimum atomic E-state index is -3.71. The van der Waals surface area contributed by atoms with Crippen LogP contribution < -0.4 is 4.74 Å². The summed E-state index contributed by atoms with van der Waals surface area (Å²) in [4.78, 5) is 2.42. The van der Waals surface area contributed by atoms with Crippen molar-refractivity contribution in [1.82, 2.24) is 4.90 Å². The van der Waals surface area contributed by atoms with Crippen molar-refractivity contribution in [1.29, 1.82) is 0 Å². The lowest BCUT2D eigenvalue weighted by atomic mass is 10.2.